The van der Waals surface area contributed by atoms with Gasteiger partial charge in [-0.1, -0.05) is 26.3 Å². The Morgan fingerprint density at radius 3 is 2.72 bits per heavy atom. The number of carbonyl (C=O) groups excluding carboxylic acids is 1. The molecule has 8 atom stereocenters. The van der Waals surface area contributed by atoms with Crippen LogP contribution in [0.4, 0.5) is 0 Å². The van der Waals surface area contributed by atoms with Crippen LogP contribution in [0.1, 0.15) is 72.1 Å². The molecule has 0 aromatic carbocycles. The normalized spacial score (nSPS) is 52.2. The number of aliphatic hydroxyl groups excluding tert-OH is 1. The Balaban J connectivity index is 1.73. The van der Waals surface area contributed by atoms with Crippen molar-refractivity contribution < 1.29 is 15.0 Å². The Kier molecular flexibility index (Phi) is 4.20. The minimum atomic E-state index is -0.621. The number of rotatable bonds is 2. The lowest BCUT2D eigenvalue weighted by molar-refractivity contribution is -0.162. The molecule has 0 aliphatic heterocycles. The number of fused-ring (bicyclic) bond motifs is 5. The average Bonchev–Trinajstić information content (AvgIpc) is 2.85. The largest absolute Gasteiger partial charge is 0.393 e. The minimum absolute atomic E-state index is 0.160. The summed E-state index contributed by atoms with van der Waals surface area (Å²) in [6, 6.07) is 0. The maximum absolute atomic E-state index is 12.0. The van der Waals surface area contributed by atoms with E-state index in [4.69, 9.17) is 0 Å². The quantitative estimate of drug-likeness (QED) is 0.798. The van der Waals surface area contributed by atoms with Crippen molar-refractivity contribution in [3.8, 4) is 0 Å². The highest BCUT2D eigenvalue weighted by molar-refractivity contribution is 5.91. The summed E-state index contributed by atoms with van der Waals surface area (Å²) in [7, 11) is 0. The van der Waals surface area contributed by atoms with E-state index in [0.29, 0.717) is 36.0 Å². The van der Waals surface area contributed by atoms with E-state index in [2.05, 4.69) is 20.8 Å². The Bertz CT molecular complexity index is 596. The second kappa shape index (κ2) is 5.92. The second-order valence-electron chi connectivity index (χ2n) is 9.56. The van der Waals surface area contributed by atoms with E-state index in [0.717, 1.165) is 44.9 Å². The summed E-state index contributed by atoms with van der Waals surface area (Å²) in [5, 5.41) is 22.5. The highest BCUT2D eigenvalue weighted by Crippen LogP contribution is 2.66. The van der Waals surface area contributed by atoms with E-state index in [1.54, 1.807) is 0 Å². The van der Waals surface area contributed by atoms with Crippen LogP contribution < -0.4 is 0 Å². The molecule has 3 fully saturated rings. The maximum Gasteiger partial charge on any atom is 0.155 e. The van der Waals surface area contributed by atoms with Crippen LogP contribution in [0.25, 0.3) is 0 Å². The van der Waals surface area contributed by atoms with Gasteiger partial charge in [-0.15, -0.1) is 0 Å². The molecule has 4 aliphatic rings. The fourth-order valence-electron chi connectivity index (χ4n) is 7.50. The second-order valence-corrected chi connectivity index (χ2v) is 9.56. The molecule has 0 aromatic heterocycles. The van der Waals surface area contributed by atoms with E-state index in [-0.39, 0.29) is 17.3 Å². The van der Waals surface area contributed by atoms with Gasteiger partial charge in [0.25, 0.3) is 0 Å². The van der Waals surface area contributed by atoms with E-state index in [1.807, 2.05) is 6.08 Å². The monoisotopic (exact) mass is 346 g/mol. The van der Waals surface area contributed by atoms with Gasteiger partial charge in [0, 0.05) is 11.8 Å². The standard InChI is InChI=1S/C22H34O3/c1-4-13-10-17-18-8-9-22(25,5-2)21(18,3)12-19(24)20(17)15-7-6-14(23)11-16(13)15/h11,13,15,17-20,24-25H,4-10,12H2,1-3H3/t13-,15-,17-,18-,19-,20+,21-,22-/m0/s1. The molecule has 3 nitrogen and oxygen atoms in total. The highest BCUT2D eigenvalue weighted by Gasteiger charge is 2.64. The zero-order chi connectivity index (χ0) is 18.0. The first-order valence-electron chi connectivity index (χ1n) is 10.5. The Morgan fingerprint density at radius 2 is 2.04 bits per heavy atom. The molecule has 0 heterocycles. The Labute approximate surface area is 151 Å². The van der Waals surface area contributed by atoms with Gasteiger partial charge < -0.3 is 10.2 Å². The van der Waals surface area contributed by atoms with Crippen molar-refractivity contribution in [2.75, 3.05) is 0 Å². The van der Waals surface area contributed by atoms with Gasteiger partial charge in [0.15, 0.2) is 5.78 Å². The number of hydrogen-bond donors (Lipinski definition) is 2. The van der Waals surface area contributed by atoms with Crippen LogP contribution in [-0.2, 0) is 4.79 Å². The summed E-state index contributed by atoms with van der Waals surface area (Å²) in [6.45, 7) is 6.57. The van der Waals surface area contributed by atoms with Crippen LogP contribution in [0, 0.1) is 35.0 Å². The molecule has 0 amide bonds. The van der Waals surface area contributed by atoms with Gasteiger partial charge in [-0.2, -0.15) is 0 Å². The molecule has 4 aliphatic carbocycles. The summed E-state index contributed by atoms with van der Waals surface area (Å²) in [5.74, 6) is 2.45. The van der Waals surface area contributed by atoms with Crippen molar-refractivity contribution in [3.63, 3.8) is 0 Å². The molecule has 0 bridgehead atoms. The van der Waals surface area contributed by atoms with Crippen molar-refractivity contribution in [2.24, 2.45) is 35.0 Å². The molecule has 3 heteroatoms. The smallest absolute Gasteiger partial charge is 0.155 e. The molecule has 140 valence electrons. The van der Waals surface area contributed by atoms with Gasteiger partial charge in [0.2, 0.25) is 0 Å². The summed E-state index contributed by atoms with van der Waals surface area (Å²) in [4.78, 5) is 12.0. The molecule has 0 unspecified atom stereocenters. The summed E-state index contributed by atoms with van der Waals surface area (Å²) >= 11 is 0. The third-order valence-electron chi connectivity index (χ3n) is 8.87. The third kappa shape index (κ3) is 2.34. The van der Waals surface area contributed by atoms with Gasteiger partial charge in [0.1, 0.15) is 0 Å². The maximum atomic E-state index is 12.0. The fourth-order valence-corrected chi connectivity index (χ4v) is 7.50. The zero-order valence-electron chi connectivity index (χ0n) is 16.0. The predicted molar refractivity (Wildman–Crippen MR) is 97.9 cm³/mol. The van der Waals surface area contributed by atoms with Gasteiger partial charge in [-0.3, -0.25) is 4.79 Å². The fraction of sp³-hybridized carbons (Fsp3) is 0.864. The lowest BCUT2D eigenvalue weighted by Crippen LogP contribution is -2.58. The first kappa shape index (κ1) is 17.7. The minimum Gasteiger partial charge on any atom is -0.393 e. The Morgan fingerprint density at radius 1 is 1.28 bits per heavy atom. The van der Waals surface area contributed by atoms with Crippen molar-refractivity contribution >= 4 is 5.78 Å². The molecule has 25 heavy (non-hydrogen) atoms. The van der Waals surface area contributed by atoms with E-state index in [1.165, 1.54) is 5.57 Å². The van der Waals surface area contributed by atoms with Crippen LogP contribution in [0.3, 0.4) is 0 Å². The van der Waals surface area contributed by atoms with Gasteiger partial charge in [-0.05, 0) is 80.6 Å². The molecule has 3 saturated carbocycles. The summed E-state index contributed by atoms with van der Waals surface area (Å²) in [5.41, 5.74) is 0.558. The van der Waals surface area contributed by atoms with Crippen LogP contribution in [0.2, 0.25) is 0 Å². The molecule has 0 saturated heterocycles. The number of allylic oxidation sites excluding steroid dienone is 1. The van der Waals surface area contributed by atoms with Gasteiger partial charge in [-0.25, -0.2) is 0 Å². The average molecular weight is 347 g/mol. The lowest BCUT2D eigenvalue weighted by atomic mass is 9.48. The number of ketones is 1. The van der Waals surface area contributed by atoms with Gasteiger partial charge in [0.05, 0.1) is 11.7 Å². The Hall–Kier alpha value is -0.670. The van der Waals surface area contributed by atoms with Crippen LogP contribution in [0.15, 0.2) is 11.6 Å². The van der Waals surface area contributed by atoms with Crippen molar-refractivity contribution in [1.29, 1.82) is 0 Å². The van der Waals surface area contributed by atoms with Crippen molar-refractivity contribution in [3.05, 3.63) is 11.6 Å². The third-order valence-corrected chi connectivity index (χ3v) is 8.87. The molecule has 4 rings (SSSR count). The summed E-state index contributed by atoms with van der Waals surface area (Å²) in [6.07, 6.45) is 8.78. The first-order chi connectivity index (χ1) is 11.8. The number of hydrogen-bond acceptors (Lipinski definition) is 3. The molecular formula is C22H34O3. The van der Waals surface area contributed by atoms with E-state index >= 15 is 0 Å². The lowest BCUT2D eigenvalue weighted by Gasteiger charge is -2.58. The number of aliphatic hydroxyl groups is 2. The molecule has 2 N–H and O–H groups in total. The van der Waals surface area contributed by atoms with E-state index < -0.39 is 5.60 Å². The van der Waals surface area contributed by atoms with Crippen LogP contribution in [-0.4, -0.2) is 27.7 Å². The first-order valence-corrected chi connectivity index (χ1v) is 10.5. The van der Waals surface area contributed by atoms with E-state index in [9.17, 15) is 15.0 Å². The molecule has 0 radical (unpaired) electrons. The predicted octanol–water partition coefficient (Wildman–Crippen LogP) is 3.88. The topological polar surface area (TPSA) is 57.5 Å². The van der Waals surface area contributed by atoms with Crippen LogP contribution in [0.5, 0.6) is 0 Å². The number of carbonyl (C=O) groups is 1. The molecular weight excluding hydrogens is 312 g/mol. The SMILES string of the molecule is CC[C@H]1C[C@@H]2[C@H]([C@@H](O)C[C@@]3(C)[C@H]2CC[C@@]3(O)CC)[C@H]2CCC(=O)C=C12. The van der Waals surface area contributed by atoms with Crippen molar-refractivity contribution in [2.45, 2.75) is 83.8 Å². The molecule has 0 aromatic rings. The van der Waals surface area contributed by atoms with Crippen molar-refractivity contribution in [1.82, 2.24) is 0 Å². The zero-order valence-corrected chi connectivity index (χ0v) is 16.0. The summed E-state index contributed by atoms with van der Waals surface area (Å²) < 4.78 is 0. The molecule has 0 spiro atoms. The van der Waals surface area contributed by atoms with Gasteiger partial charge >= 0.3 is 0 Å². The van der Waals surface area contributed by atoms with Crippen LogP contribution >= 0.6 is 0 Å². The highest BCUT2D eigenvalue weighted by atomic mass is 16.3.